The fourth-order valence-corrected chi connectivity index (χ4v) is 3.44. The largest absolute Gasteiger partial charge is 0.476 e. The number of amides is 1. The molecule has 0 radical (unpaired) electrons. The van der Waals surface area contributed by atoms with E-state index < -0.39 is 11.9 Å². The number of carboxylic acids is 1. The highest BCUT2D eigenvalue weighted by Gasteiger charge is 2.35. The highest BCUT2D eigenvalue weighted by molar-refractivity contribution is 6.01. The van der Waals surface area contributed by atoms with Crippen LogP contribution in [0.15, 0.2) is 12.4 Å². The van der Waals surface area contributed by atoms with Crippen LogP contribution in [0.3, 0.4) is 0 Å². The fourth-order valence-electron chi connectivity index (χ4n) is 3.44. The molecule has 1 amide bonds. The topological polar surface area (TPSA) is 114 Å². The number of hydrogen-bond acceptors (Lipinski definition) is 7. The third kappa shape index (κ3) is 4.54. The molecule has 2 N–H and O–H groups in total. The highest BCUT2D eigenvalue weighted by Crippen LogP contribution is 2.31. The first-order valence-corrected chi connectivity index (χ1v) is 8.80. The zero-order valence-electron chi connectivity index (χ0n) is 14.6. The number of aromatic carboxylic acids is 1. The molecular formula is C17H24N4O5. The average Bonchev–Trinajstić information content (AvgIpc) is 2.67. The third-order valence-corrected chi connectivity index (χ3v) is 4.96. The predicted octanol–water partition coefficient (Wildman–Crippen LogP) is 0.0336. The Kier molecular flexibility index (Phi) is 6.12. The van der Waals surface area contributed by atoms with Crippen LogP contribution in [0.2, 0.25) is 0 Å². The van der Waals surface area contributed by atoms with Gasteiger partial charge in [0, 0.05) is 57.2 Å². The van der Waals surface area contributed by atoms with Gasteiger partial charge in [0.05, 0.1) is 13.2 Å². The highest BCUT2D eigenvalue weighted by atomic mass is 16.5. The van der Waals surface area contributed by atoms with Gasteiger partial charge in [0.2, 0.25) is 0 Å². The maximum absolute atomic E-state index is 12.5. The van der Waals surface area contributed by atoms with E-state index in [4.69, 9.17) is 9.47 Å². The van der Waals surface area contributed by atoms with Gasteiger partial charge in [-0.25, -0.2) is 14.8 Å². The first-order chi connectivity index (χ1) is 12.6. The molecule has 2 aliphatic rings. The number of nitrogens with zero attached hydrogens (tertiary/aromatic N) is 3. The normalized spacial score (nSPS) is 20.5. The van der Waals surface area contributed by atoms with Gasteiger partial charge < -0.3 is 19.9 Å². The molecule has 0 spiro atoms. The van der Waals surface area contributed by atoms with Gasteiger partial charge in [-0.3, -0.25) is 9.69 Å². The van der Waals surface area contributed by atoms with E-state index >= 15 is 0 Å². The van der Waals surface area contributed by atoms with Gasteiger partial charge in [-0.05, 0) is 12.8 Å². The zero-order chi connectivity index (χ0) is 18.4. The average molecular weight is 364 g/mol. The van der Waals surface area contributed by atoms with Crippen LogP contribution in [0.1, 0.15) is 33.8 Å². The number of nitrogens with one attached hydrogen (secondary N) is 1. The summed E-state index contributed by atoms with van der Waals surface area (Å²) in [5.74, 6) is -1.78. The van der Waals surface area contributed by atoms with Crippen molar-refractivity contribution in [2.75, 3.05) is 52.6 Å². The molecule has 2 fully saturated rings. The van der Waals surface area contributed by atoms with Crippen LogP contribution in [0.5, 0.6) is 0 Å². The van der Waals surface area contributed by atoms with Gasteiger partial charge >= 0.3 is 5.97 Å². The van der Waals surface area contributed by atoms with E-state index in [2.05, 4.69) is 20.2 Å². The minimum atomic E-state index is -1.27. The Balaban J connectivity index is 1.67. The van der Waals surface area contributed by atoms with Crippen LogP contribution >= 0.6 is 0 Å². The lowest BCUT2D eigenvalue weighted by Crippen LogP contribution is -2.51. The number of rotatable bonds is 6. The summed E-state index contributed by atoms with van der Waals surface area (Å²) in [6.45, 7) is 5.82. The Morgan fingerprint density at radius 3 is 2.35 bits per heavy atom. The van der Waals surface area contributed by atoms with Crippen molar-refractivity contribution in [3.63, 3.8) is 0 Å². The van der Waals surface area contributed by atoms with Crippen LogP contribution in [0.25, 0.3) is 0 Å². The molecule has 0 bridgehead atoms. The van der Waals surface area contributed by atoms with Crippen LogP contribution in [0, 0.1) is 5.41 Å². The van der Waals surface area contributed by atoms with Crippen molar-refractivity contribution in [2.24, 2.45) is 5.41 Å². The van der Waals surface area contributed by atoms with Crippen molar-refractivity contribution in [1.82, 2.24) is 20.2 Å². The Bertz CT molecular complexity index is 642. The van der Waals surface area contributed by atoms with Gasteiger partial charge in [0.1, 0.15) is 0 Å². The molecule has 0 unspecified atom stereocenters. The Labute approximate surface area is 151 Å². The van der Waals surface area contributed by atoms with Crippen LogP contribution < -0.4 is 5.32 Å². The molecule has 3 rings (SSSR count). The second kappa shape index (κ2) is 8.52. The van der Waals surface area contributed by atoms with E-state index in [1.165, 1.54) is 12.4 Å². The lowest BCUT2D eigenvalue weighted by molar-refractivity contribution is -0.0283. The quantitative estimate of drug-likeness (QED) is 0.727. The minimum absolute atomic E-state index is 0.100. The lowest BCUT2D eigenvalue weighted by atomic mass is 9.79. The number of hydrogen-bond donors (Lipinski definition) is 2. The van der Waals surface area contributed by atoms with Crippen molar-refractivity contribution in [1.29, 1.82) is 0 Å². The molecule has 0 atom stereocenters. The molecule has 9 heteroatoms. The smallest absolute Gasteiger partial charge is 0.356 e. The molecule has 26 heavy (non-hydrogen) atoms. The number of carboxylic acid groups (broad SMARTS) is 1. The Hall–Kier alpha value is -2.10. The summed E-state index contributed by atoms with van der Waals surface area (Å²) in [5, 5.41) is 12.1. The first-order valence-electron chi connectivity index (χ1n) is 8.80. The molecular weight excluding hydrogens is 340 g/mol. The van der Waals surface area contributed by atoms with E-state index in [-0.39, 0.29) is 16.8 Å². The predicted molar refractivity (Wildman–Crippen MR) is 91.1 cm³/mol. The maximum atomic E-state index is 12.5. The van der Waals surface area contributed by atoms with Crippen LogP contribution in [0.4, 0.5) is 0 Å². The van der Waals surface area contributed by atoms with Crippen LogP contribution in [-0.4, -0.2) is 84.5 Å². The van der Waals surface area contributed by atoms with Gasteiger partial charge in [-0.15, -0.1) is 0 Å². The molecule has 1 aromatic heterocycles. The standard InChI is InChI=1S/C17H24N4O5/c22-15(13-14(16(23)24)19-4-3-18-13)20-11-17(1-7-25-8-2-17)12-21-5-9-26-10-6-21/h3-4H,1-2,5-12H2,(H,20,22)(H,23,24). The van der Waals surface area contributed by atoms with Crippen molar-refractivity contribution >= 4 is 11.9 Å². The van der Waals surface area contributed by atoms with Gasteiger partial charge in [-0.2, -0.15) is 0 Å². The molecule has 0 aliphatic carbocycles. The monoisotopic (exact) mass is 364 g/mol. The lowest BCUT2D eigenvalue weighted by Gasteiger charge is -2.42. The number of aromatic nitrogens is 2. The summed E-state index contributed by atoms with van der Waals surface area (Å²) in [6.07, 6.45) is 4.27. The number of carbonyl (C=O) groups is 2. The molecule has 1 aromatic rings. The molecule has 2 saturated heterocycles. The van der Waals surface area contributed by atoms with Gasteiger partial charge in [0.25, 0.3) is 5.91 Å². The summed E-state index contributed by atoms with van der Waals surface area (Å²) in [7, 11) is 0. The van der Waals surface area contributed by atoms with E-state index in [1.54, 1.807) is 0 Å². The zero-order valence-corrected chi connectivity index (χ0v) is 14.6. The summed E-state index contributed by atoms with van der Waals surface area (Å²) in [6, 6.07) is 0. The summed E-state index contributed by atoms with van der Waals surface area (Å²) in [4.78, 5) is 33.7. The number of carbonyl (C=O) groups excluding carboxylic acids is 1. The van der Waals surface area contributed by atoms with E-state index in [1.807, 2.05) is 0 Å². The van der Waals surface area contributed by atoms with Crippen molar-refractivity contribution in [2.45, 2.75) is 12.8 Å². The van der Waals surface area contributed by atoms with Crippen molar-refractivity contribution in [3.8, 4) is 0 Å². The summed E-state index contributed by atoms with van der Waals surface area (Å²) >= 11 is 0. The second-order valence-electron chi connectivity index (χ2n) is 6.74. The van der Waals surface area contributed by atoms with E-state index in [0.717, 1.165) is 45.7 Å². The Morgan fingerprint density at radius 2 is 1.69 bits per heavy atom. The number of ether oxygens (including phenoxy) is 2. The van der Waals surface area contributed by atoms with Crippen LogP contribution in [-0.2, 0) is 9.47 Å². The van der Waals surface area contributed by atoms with Gasteiger partial charge in [0.15, 0.2) is 11.4 Å². The summed E-state index contributed by atoms with van der Waals surface area (Å²) < 4.78 is 10.9. The molecule has 0 aromatic carbocycles. The SMILES string of the molecule is O=C(O)c1nccnc1C(=O)NCC1(CN2CCOCC2)CCOCC1. The van der Waals surface area contributed by atoms with E-state index in [9.17, 15) is 14.7 Å². The molecule has 142 valence electrons. The molecule has 3 heterocycles. The third-order valence-electron chi connectivity index (χ3n) is 4.96. The second-order valence-corrected chi connectivity index (χ2v) is 6.74. The molecule has 0 saturated carbocycles. The summed E-state index contributed by atoms with van der Waals surface area (Å²) in [5.41, 5.74) is -0.593. The fraction of sp³-hybridized carbons (Fsp3) is 0.647. The maximum Gasteiger partial charge on any atom is 0.356 e. The van der Waals surface area contributed by atoms with Gasteiger partial charge in [-0.1, -0.05) is 0 Å². The number of morpholine rings is 1. The van der Waals surface area contributed by atoms with Crippen molar-refractivity contribution < 1.29 is 24.2 Å². The minimum Gasteiger partial charge on any atom is -0.476 e. The molecule has 9 nitrogen and oxygen atoms in total. The van der Waals surface area contributed by atoms with E-state index in [0.29, 0.717) is 19.8 Å². The Morgan fingerprint density at radius 1 is 1.08 bits per heavy atom. The molecule has 2 aliphatic heterocycles. The first kappa shape index (κ1) is 18.7. The van der Waals surface area contributed by atoms with Crippen molar-refractivity contribution in [3.05, 3.63) is 23.8 Å².